The molecule has 0 aliphatic rings. The van der Waals surface area contributed by atoms with Crippen LogP contribution in [0.4, 0.5) is 0 Å². The van der Waals surface area contributed by atoms with Gasteiger partial charge in [0.05, 0.1) is 0 Å². The van der Waals surface area contributed by atoms with Gasteiger partial charge in [-0.05, 0) is 0 Å². The van der Waals surface area contributed by atoms with Gasteiger partial charge in [0.15, 0.2) is 0 Å². The van der Waals surface area contributed by atoms with Crippen molar-refractivity contribution in [3.05, 3.63) is 35.9 Å². The van der Waals surface area contributed by atoms with Gasteiger partial charge in [0.2, 0.25) is 0 Å². The molecular formula is C23H42Sn. The summed E-state index contributed by atoms with van der Waals surface area (Å²) >= 11 is -2.02. The van der Waals surface area contributed by atoms with Gasteiger partial charge in [-0.2, -0.15) is 0 Å². The Morgan fingerprint density at radius 3 is 1.67 bits per heavy atom. The third-order valence-electron chi connectivity index (χ3n) is 5.60. The van der Waals surface area contributed by atoms with Crippen LogP contribution in [0.5, 0.6) is 0 Å². The number of rotatable bonds is 15. The molecule has 1 aromatic carbocycles. The van der Waals surface area contributed by atoms with Crippen LogP contribution in [0.15, 0.2) is 30.3 Å². The molecule has 0 saturated heterocycles. The first-order chi connectivity index (χ1) is 11.8. The molecule has 0 nitrogen and oxygen atoms in total. The van der Waals surface area contributed by atoms with E-state index in [4.69, 9.17) is 0 Å². The number of benzene rings is 1. The van der Waals surface area contributed by atoms with E-state index in [-0.39, 0.29) is 0 Å². The fourth-order valence-electron chi connectivity index (χ4n) is 4.05. The maximum atomic E-state index is 2.39. The van der Waals surface area contributed by atoms with Crippen LogP contribution in [0.1, 0.15) is 90.5 Å². The van der Waals surface area contributed by atoms with Crippen LogP contribution in [0, 0.1) is 0 Å². The Kier molecular flexibility index (Phi) is 13.1. The SMILES string of the molecule is CCCCCCC[CH2][Sn]([CH2]CCC)([CH2]CCC)[CH2]c1ccccc1. The molecule has 0 bridgehead atoms. The summed E-state index contributed by atoms with van der Waals surface area (Å²) in [6, 6.07) is 11.5. The average Bonchev–Trinajstić information content (AvgIpc) is 2.62. The molecule has 0 saturated carbocycles. The van der Waals surface area contributed by atoms with E-state index in [2.05, 4.69) is 51.1 Å². The molecule has 0 atom stereocenters. The Hall–Kier alpha value is 0.0187. The fraction of sp³-hybridized carbons (Fsp3) is 0.739. The van der Waals surface area contributed by atoms with Gasteiger partial charge >= 0.3 is 157 Å². The second-order valence-corrected chi connectivity index (χ2v) is 21.7. The van der Waals surface area contributed by atoms with Gasteiger partial charge in [0.25, 0.3) is 0 Å². The van der Waals surface area contributed by atoms with E-state index in [1.807, 2.05) is 0 Å². The van der Waals surface area contributed by atoms with Crippen LogP contribution in [0.3, 0.4) is 0 Å². The van der Waals surface area contributed by atoms with Crippen molar-refractivity contribution in [3.8, 4) is 0 Å². The molecular weight excluding hydrogens is 395 g/mol. The molecule has 0 amide bonds. The second-order valence-electron chi connectivity index (χ2n) is 7.89. The molecule has 24 heavy (non-hydrogen) atoms. The van der Waals surface area contributed by atoms with Gasteiger partial charge in [0, 0.05) is 0 Å². The van der Waals surface area contributed by atoms with Crippen molar-refractivity contribution >= 4 is 18.4 Å². The Balaban J connectivity index is 2.65. The molecule has 0 heterocycles. The van der Waals surface area contributed by atoms with E-state index < -0.39 is 18.4 Å². The predicted molar refractivity (Wildman–Crippen MR) is 114 cm³/mol. The van der Waals surface area contributed by atoms with Crippen LogP contribution >= 0.6 is 0 Å². The van der Waals surface area contributed by atoms with Crippen LogP contribution < -0.4 is 0 Å². The first-order valence-electron chi connectivity index (χ1n) is 10.8. The zero-order valence-corrected chi connectivity index (χ0v) is 19.6. The molecule has 0 spiro atoms. The predicted octanol–water partition coefficient (Wildman–Crippen LogP) is 8.18. The molecule has 138 valence electrons. The summed E-state index contributed by atoms with van der Waals surface area (Å²) in [7, 11) is 0. The molecule has 0 radical (unpaired) electrons. The molecule has 0 aliphatic carbocycles. The molecule has 1 rings (SSSR count). The van der Waals surface area contributed by atoms with Gasteiger partial charge in [-0.3, -0.25) is 0 Å². The molecule has 1 aromatic rings. The average molecular weight is 437 g/mol. The van der Waals surface area contributed by atoms with E-state index in [9.17, 15) is 0 Å². The van der Waals surface area contributed by atoms with Crippen molar-refractivity contribution in [1.29, 1.82) is 0 Å². The first kappa shape index (κ1) is 22.1. The first-order valence-corrected chi connectivity index (χ1v) is 18.9. The van der Waals surface area contributed by atoms with Crippen LogP contribution in [-0.4, -0.2) is 18.4 Å². The molecule has 0 N–H and O–H groups in total. The third kappa shape index (κ3) is 9.49. The molecule has 0 aliphatic heterocycles. The van der Waals surface area contributed by atoms with Crippen LogP contribution in [0.25, 0.3) is 0 Å². The summed E-state index contributed by atoms with van der Waals surface area (Å²) in [6.07, 6.45) is 14.5. The summed E-state index contributed by atoms with van der Waals surface area (Å²) in [5, 5.41) is 0. The van der Waals surface area contributed by atoms with Gasteiger partial charge in [-0.15, -0.1) is 0 Å². The molecule has 1 heteroatoms. The van der Waals surface area contributed by atoms with Crippen LogP contribution in [0.2, 0.25) is 13.3 Å². The summed E-state index contributed by atoms with van der Waals surface area (Å²) < 4.78 is 6.42. The van der Waals surface area contributed by atoms with Crippen molar-refractivity contribution in [1.82, 2.24) is 0 Å². The zero-order chi connectivity index (χ0) is 17.5. The Morgan fingerprint density at radius 1 is 0.583 bits per heavy atom. The van der Waals surface area contributed by atoms with Gasteiger partial charge in [0.1, 0.15) is 0 Å². The minimum absolute atomic E-state index is 1.37. The number of hydrogen-bond donors (Lipinski definition) is 0. The number of unbranched alkanes of at least 4 members (excludes halogenated alkanes) is 7. The number of hydrogen-bond acceptors (Lipinski definition) is 0. The van der Waals surface area contributed by atoms with E-state index in [1.54, 1.807) is 18.9 Å². The molecule has 0 unspecified atom stereocenters. The summed E-state index contributed by atoms with van der Waals surface area (Å²) in [6.45, 7) is 7.07. The van der Waals surface area contributed by atoms with Crippen molar-refractivity contribution in [2.75, 3.05) is 0 Å². The van der Waals surface area contributed by atoms with Gasteiger partial charge in [-0.1, -0.05) is 0 Å². The Bertz CT molecular complexity index is 376. The Morgan fingerprint density at radius 2 is 1.08 bits per heavy atom. The van der Waals surface area contributed by atoms with Gasteiger partial charge in [-0.25, -0.2) is 0 Å². The van der Waals surface area contributed by atoms with E-state index in [0.29, 0.717) is 0 Å². The van der Waals surface area contributed by atoms with Crippen molar-refractivity contribution in [2.45, 2.75) is 103 Å². The third-order valence-corrected chi connectivity index (χ3v) is 21.0. The van der Waals surface area contributed by atoms with Crippen molar-refractivity contribution in [2.24, 2.45) is 0 Å². The summed E-state index contributed by atoms with van der Waals surface area (Å²) in [4.78, 5) is 0. The maximum absolute atomic E-state index is 2.39. The van der Waals surface area contributed by atoms with E-state index in [1.165, 1.54) is 68.6 Å². The minimum atomic E-state index is -2.02. The quantitative estimate of drug-likeness (QED) is 0.192. The summed E-state index contributed by atoms with van der Waals surface area (Å²) in [5.74, 6) is 0. The normalized spacial score (nSPS) is 11.8. The molecule has 0 aromatic heterocycles. The standard InChI is InChI=1S/C8H17.C7H7.2C4H9.Sn/c1-3-5-7-8-6-4-2;1-7-5-3-2-4-6-7;2*1-3-4-2;/h1,3-8H2,2H3;2-6H,1H2;2*1,3-4H2,2H3;. The monoisotopic (exact) mass is 438 g/mol. The second kappa shape index (κ2) is 14.2. The van der Waals surface area contributed by atoms with E-state index in [0.717, 1.165) is 0 Å². The van der Waals surface area contributed by atoms with Crippen LogP contribution in [-0.2, 0) is 4.44 Å². The van der Waals surface area contributed by atoms with Gasteiger partial charge < -0.3 is 0 Å². The fourth-order valence-corrected chi connectivity index (χ4v) is 20.0. The zero-order valence-electron chi connectivity index (χ0n) is 16.8. The van der Waals surface area contributed by atoms with Crippen molar-refractivity contribution < 1.29 is 0 Å². The summed E-state index contributed by atoms with van der Waals surface area (Å²) in [5.41, 5.74) is 1.64. The molecule has 0 fully saturated rings. The Labute approximate surface area is 156 Å². The topological polar surface area (TPSA) is 0 Å². The van der Waals surface area contributed by atoms with E-state index >= 15 is 0 Å². The van der Waals surface area contributed by atoms with Crippen molar-refractivity contribution in [3.63, 3.8) is 0 Å².